The van der Waals surface area contributed by atoms with Crippen molar-refractivity contribution in [2.75, 3.05) is 0 Å². The molecule has 0 amide bonds. The minimum absolute atomic E-state index is 0.255. The topological polar surface area (TPSA) is 17.1 Å². The minimum Gasteiger partial charge on any atom is -0.304 e. The first-order valence-corrected chi connectivity index (χ1v) is 2.26. The van der Waals surface area contributed by atoms with Crippen LogP contribution < -0.4 is 0 Å². The molecule has 1 unspecified atom stereocenters. The highest BCUT2D eigenvalue weighted by Crippen LogP contribution is 1.95. The molecule has 2 heteroatoms. The number of carbonyl (C=O) groups is 1. The minimum atomic E-state index is 0.255. The van der Waals surface area contributed by atoms with Gasteiger partial charge in [-0.25, -0.2) is 0 Å². The molecule has 0 rings (SSSR count). The van der Waals surface area contributed by atoms with Gasteiger partial charge in [-0.1, -0.05) is 13.3 Å². The summed E-state index contributed by atoms with van der Waals surface area (Å²) in [5.41, 5.74) is 0. The zero-order valence-corrected chi connectivity index (χ0v) is 4.27. The predicted molar refractivity (Wildman–Crippen MR) is 28.6 cm³/mol. The van der Waals surface area contributed by atoms with E-state index in [1.165, 1.54) is 0 Å². The highest BCUT2D eigenvalue weighted by molar-refractivity contribution is 6.19. The third-order valence-electron chi connectivity index (χ3n) is 0.876. The summed E-state index contributed by atoms with van der Waals surface area (Å²) in [4.78, 5) is 9.74. The van der Waals surface area contributed by atoms with Crippen LogP contribution in [-0.4, -0.2) is 14.1 Å². The molecule has 0 bridgehead atoms. The van der Waals surface area contributed by atoms with Gasteiger partial charge in [0.1, 0.15) is 14.1 Å². The quantitative estimate of drug-likeness (QED) is 0.340. The molecule has 34 valence electrons. The highest BCUT2D eigenvalue weighted by atomic mass is 16.1. The second-order valence-corrected chi connectivity index (χ2v) is 1.52. The van der Waals surface area contributed by atoms with Crippen molar-refractivity contribution in [2.24, 2.45) is 0 Å². The van der Waals surface area contributed by atoms with Crippen molar-refractivity contribution in [3.05, 3.63) is 0 Å². The lowest BCUT2D eigenvalue weighted by atomic mass is 9.87. The first kappa shape index (κ1) is 5.73. The van der Waals surface area contributed by atoms with Crippen molar-refractivity contribution < 1.29 is 4.79 Å². The average molecular weight is 83.9 g/mol. The van der Waals surface area contributed by atoms with Crippen LogP contribution in [0.5, 0.6) is 0 Å². The average Bonchev–Trinajstić information content (AvgIpc) is 1.65. The first-order valence-electron chi connectivity index (χ1n) is 2.26. The number of aldehydes is 1. The van der Waals surface area contributed by atoms with Gasteiger partial charge in [0.05, 0.1) is 0 Å². The van der Waals surface area contributed by atoms with Gasteiger partial charge in [-0.3, -0.25) is 0 Å². The fraction of sp³-hybridized carbons (Fsp3) is 0.750. The van der Waals surface area contributed by atoms with Gasteiger partial charge >= 0.3 is 0 Å². The molecular weight excluding hydrogens is 74.9 g/mol. The van der Waals surface area contributed by atoms with Gasteiger partial charge in [-0.2, -0.15) is 0 Å². The summed E-state index contributed by atoms with van der Waals surface area (Å²) >= 11 is 0. The van der Waals surface area contributed by atoms with Crippen LogP contribution in [0.1, 0.15) is 13.3 Å². The maximum absolute atomic E-state index is 9.74. The van der Waals surface area contributed by atoms with E-state index in [9.17, 15) is 4.79 Å². The summed E-state index contributed by atoms with van der Waals surface area (Å²) in [6.07, 6.45) is 1.93. The lowest BCUT2D eigenvalue weighted by Crippen LogP contribution is -1.87. The standard InChI is InChI=1S/C4H9BO/c1-2-4(5)3-6/h3-4H,2,5H2,1H3. The van der Waals surface area contributed by atoms with Crippen LogP contribution in [0.4, 0.5) is 0 Å². The summed E-state index contributed by atoms with van der Waals surface area (Å²) in [6.45, 7) is 2.00. The van der Waals surface area contributed by atoms with Crippen LogP contribution in [0.3, 0.4) is 0 Å². The Bertz CT molecular complexity index is 44.8. The molecule has 0 saturated heterocycles. The van der Waals surface area contributed by atoms with E-state index in [0.29, 0.717) is 0 Å². The number of carbonyl (C=O) groups excluding carboxylic acids is 1. The second-order valence-electron chi connectivity index (χ2n) is 1.52. The highest BCUT2D eigenvalue weighted by Gasteiger charge is 1.89. The van der Waals surface area contributed by atoms with Crippen molar-refractivity contribution in [1.29, 1.82) is 0 Å². The van der Waals surface area contributed by atoms with Crippen LogP contribution in [0.2, 0.25) is 5.82 Å². The first-order chi connectivity index (χ1) is 2.81. The Hall–Kier alpha value is -0.265. The molecule has 0 aliphatic heterocycles. The lowest BCUT2D eigenvalue weighted by Gasteiger charge is -1.89. The van der Waals surface area contributed by atoms with Crippen molar-refractivity contribution in [2.45, 2.75) is 19.2 Å². The van der Waals surface area contributed by atoms with Gasteiger partial charge in [0, 0.05) is 0 Å². The molecule has 0 aliphatic rings. The Kier molecular flexibility index (Phi) is 2.82. The Morgan fingerprint density at radius 1 is 2.00 bits per heavy atom. The summed E-state index contributed by atoms with van der Waals surface area (Å²) in [6, 6.07) is 0. The van der Waals surface area contributed by atoms with E-state index in [2.05, 4.69) is 0 Å². The molecule has 6 heavy (non-hydrogen) atoms. The maximum atomic E-state index is 9.74. The molecule has 0 aromatic rings. The van der Waals surface area contributed by atoms with Crippen LogP contribution >= 0.6 is 0 Å². The van der Waals surface area contributed by atoms with Crippen molar-refractivity contribution in [3.8, 4) is 0 Å². The van der Waals surface area contributed by atoms with E-state index >= 15 is 0 Å². The molecule has 0 spiro atoms. The molecule has 0 radical (unpaired) electrons. The predicted octanol–water partition coefficient (Wildman–Crippen LogP) is 0.0169. The molecular formula is C4H9BO. The zero-order chi connectivity index (χ0) is 4.99. The number of hydrogen-bond acceptors (Lipinski definition) is 1. The molecule has 0 aromatic heterocycles. The summed E-state index contributed by atoms with van der Waals surface area (Å²) < 4.78 is 0. The van der Waals surface area contributed by atoms with Crippen LogP contribution in [0.15, 0.2) is 0 Å². The Balaban J connectivity index is 2.96. The summed E-state index contributed by atoms with van der Waals surface area (Å²) in [7, 11) is 1.91. The smallest absolute Gasteiger partial charge is 0.115 e. The van der Waals surface area contributed by atoms with E-state index in [1.54, 1.807) is 0 Å². The Morgan fingerprint density at radius 3 is 2.50 bits per heavy atom. The molecule has 0 heterocycles. The van der Waals surface area contributed by atoms with Gasteiger partial charge in [0.25, 0.3) is 0 Å². The molecule has 0 aliphatic carbocycles. The number of hydrogen-bond donors (Lipinski definition) is 0. The third kappa shape index (κ3) is 2.00. The van der Waals surface area contributed by atoms with Crippen molar-refractivity contribution in [3.63, 3.8) is 0 Å². The van der Waals surface area contributed by atoms with E-state index in [-0.39, 0.29) is 5.82 Å². The zero-order valence-electron chi connectivity index (χ0n) is 4.27. The monoisotopic (exact) mass is 84.1 g/mol. The largest absolute Gasteiger partial charge is 0.304 e. The van der Waals surface area contributed by atoms with Gasteiger partial charge in [0.2, 0.25) is 0 Å². The fourth-order valence-electron chi connectivity index (χ4n) is 0.0962. The fourth-order valence-corrected chi connectivity index (χ4v) is 0.0962. The normalized spacial score (nSPS) is 13.5. The summed E-state index contributed by atoms with van der Waals surface area (Å²) in [5, 5.41) is 0. The lowest BCUT2D eigenvalue weighted by molar-refractivity contribution is -0.107. The van der Waals surface area contributed by atoms with Crippen molar-refractivity contribution in [1.82, 2.24) is 0 Å². The molecule has 1 atom stereocenters. The van der Waals surface area contributed by atoms with E-state index < -0.39 is 0 Å². The second kappa shape index (κ2) is 2.95. The maximum Gasteiger partial charge on any atom is 0.115 e. The van der Waals surface area contributed by atoms with Crippen LogP contribution in [-0.2, 0) is 4.79 Å². The Labute approximate surface area is 39.1 Å². The molecule has 0 N–H and O–H groups in total. The number of rotatable bonds is 2. The Morgan fingerprint density at radius 2 is 2.50 bits per heavy atom. The summed E-state index contributed by atoms with van der Waals surface area (Å²) in [5.74, 6) is 0.255. The van der Waals surface area contributed by atoms with Gasteiger partial charge in [-0.05, 0) is 5.82 Å². The molecule has 0 fully saturated rings. The van der Waals surface area contributed by atoms with Crippen LogP contribution in [0.25, 0.3) is 0 Å². The SMILES string of the molecule is BC(C=O)CC. The van der Waals surface area contributed by atoms with Gasteiger partial charge in [0.15, 0.2) is 0 Å². The molecule has 0 aromatic carbocycles. The van der Waals surface area contributed by atoms with E-state index in [0.717, 1.165) is 12.7 Å². The van der Waals surface area contributed by atoms with Crippen LogP contribution in [0, 0.1) is 0 Å². The van der Waals surface area contributed by atoms with Gasteiger partial charge < -0.3 is 4.79 Å². The van der Waals surface area contributed by atoms with E-state index in [4.69, 9.17) is 0 Å². The molecule has 0 saturated carbocycles. The van der Waals surface area contributed by atoms with Gasteiger partial charge in [-0.15, -0.1) is 0 Å². The van der Waals surface area contributed by atoms with E-state index in [1.807, 2.05) is 14.8 Å². The third-order valence-corrected chi connectivity index (χ3v) is 0.876. The molecule has 1 nitrogen and oxygen atoms in total. The van der Waals surface area contributed by atoms with Crippen molar-refractivity contribution >= 4 is 14.1 Å².